The molecular weight excluding hydrogens is 358 g/mol. The SMILES string of the molecule is NC(=O)CC(NC(=O)C1CCCN1C(=O)CNC(=O)C1CCCN1)C(=O)O. The molecule has 2 heterocycles. The highest BCUT2D eigenvalue weighted by atomic mass is 16.4. The minimum absolute atomic E-state index is 0.232. The molecule has 2 aliphatic heterocycles. The van der Waals surface area contributed by atoms with Gasteiger partial charge in [-0.2, -0.15) is 0 Å². The number of hydrogen-bond acceptors (Lipinski definition) is 6. The number of rotatable bonds is 8. The quantitative estimate of drug-likeness (QED) is 0.303. The van der Waals surface area contributed by atoms with Crippen LogP contribution in [0.25, 0.3) is 0 Å². The second kappa shape index (κ2) is 9.31. The van der Waals surface area contributed by atoms with E-state index in [1.165, 1.54) is 4.90 Å². The molecule has 0 spiro atoms. The molecular formula is C16H25N5O6. The number of likely N-dealkylation sites (tertiary alicyclic amines) is 1. The van der Waals surface area contributed by atoms with Crippen molar-refractivity contribution in [2.75, 3.05) is 19.6 Å². The molecule has 2 fully saturated rings. The fourth-order valence-corrected chi connectivity index (χ4v) is 3.30. The number of amides is 4. The van der Waals surface area contributed by atoms with Crippen LogP contribution in [0.2, 0.25) is 0 Å². The van der Waals surface area contributed by atoms with Crippen LogP contribution in [0.5, 0.6) is 0 Å². The van der Waals surface area contributed by atoms with Crippen LogP contribution in [0.15, 0.2) is 0 Å². The molecule has 2 rings (SSSR count). The van der Waals surface area contributed by atoms with Gasteiger partial charge < -0.3 is 31.7 Å². The lowest BCUT2D eigenvalue weighted by atomic mass is 10.1. The van der Waals surface area contributed by atoms with E-state index in [9.17, 15) is 24.0 Å². The van der Waals surface area contributed by atoms with Crippen LogP contribution in [-0.4, -0.2) is 77.4 Å². The monoisotopic (exact) mass is 383 g/mol. The molecule has 11 nitrogen and oxygen atoms in total. The molecule has 11 heteroatoms. The van der Waals surface area contributed by atoms with Gasteiger partial charge in [-0.3, -0.25) is 19.2 Å². The second-order valence-corrected chi connectivity index (χ2v) is 6.68. The van der Waals surface area contributed by atoms with Gasteiger partial charge in [0.25, 0.3) is 0 Å². The summed E-state index contributed by atoms with van der Waals surface area (Å²) in [6.07, 6.45) is 2.03. The Morgan fingerprint density at radius 2 is 1.89 bits per heavy atom. The fraction of sp³-hybridized carbons (Fsp3) is 0.688. The van der Waals surface area contributed by atoms with E-state index in [-0.39, 0.29) is 18.5 Å². The number of carboxylic acid groups (broad SMARTS) is 1. The normalized spacial score (nSPS) is 22.9. The largest absolute Gasteiger partial charge is 0.480 e. The van der Waals surface area contributed by atoms with E-state index < -0.39 is 42.2 Å². The third-order valence-electron chi connectivity index (χ3n) is 4.69. The van der Waals surface area contributed by atoms with E-state index in [2.05, 4.69) is 16.0 Å². The summed E-state index contributed by atoms with van der Waals surface area (Å²) in [6.45, 7) is 0.864. The van der Waals surface area contributed by atoms with E-state index in [0.29, 0.717) is 25.8 Å². The number of carboxylic acids is 1. The van der Waals surface area contributed by atoms with Crippen molar-refractivity contribution >= 4 is 29.6 Å². The summed E-state index contributed by atoms with van der Waals surface area (Å²) in [7, 11) is 0. The van der Waals surface area contributed by atoms with Crippen LogP contribution < -0.4 is 21.7 Å². The third kappa shape index (κ3) is 5.64. The Kier molecular flexibility index (Phi) is 7.11. The first-order valence-electron chi connectivity index (χ1n) is 8.91. The van der Waals surface area contributed by atoms with Crippen molar-refractivity contribution in [2.24, 2.45) is 5.73 Å². The van der Waals surface area contributed by atoms with Crippen LogP contribution in [0.3, 0.4) is 0 Å². The van der Waals surface area contributed by atoms with Gasteiger partial charge in [-0.15, -0.1) is 0 Å². The summed E-state index contributed by atoms with van der Waals surface area (Å²) in [5.74, 6) is -3.56. The molecule has 0 aliphatic carbocycles. The highest BCUT2D eigenvalue weighted by Crippen LogP contribution is 2.18. The lowest BCUT2D eigenvalue weighted by Gasteiger charge is -2.25. The van der Waals surface area contributed by atoms with Gasteiger partial charge in [0.15, 0.2) is 0 Å². The molecule has 0 saturated carbocycles. The highest BCUT2D eigenvalue weighted by molar-refractivity contribution is 5.94. The van der Waals surface area contributed by atoms with Crippen LogP contribution >= 0.6 is 0 Å². The summed E-state index contributed by atoms with van der Waals surface area (Å²) >= 11 is 0. The summed E-state index contributed by atoms with van der Waals surface area (Å²) in [4.78, 5) is 60.2. The van der Waals surface area contributed by atoms with E-state index >= 15 is 0 Å². The number of aliphatic carboxylic acids is 1. The Morgan fingerprint density at radius 1 is 1.15 bits per heavy atom. The van der Waals surface area contributed by atoms with Crippen molar-refractivity contribution in [3.63, 3.8) is 0 Å². The summed E-state index contributed by atoms with van der Waals surface area (Å²) in [6, 6.07) is -2.59. The van der Waals surface area contributed by atoms with Crippen molar-refractivity contribution in [2.45, 2.75) is 50.2 Å². The average Bonchev–Trinajstić information content (AvgIpc) is 3.29. The maximum absolute atomic E-state index is 12.4. The average molecular weight is 383 g/mol. The molecule has 0 bridgehead atoms. The Balaban J connectivity index is 1.89. The standard InChI is InChI=1S/C16H25N5O6/c17-12(22)7-10(16(26)27)20-15(25)11-4-2-6-21(11)13(23)8-19-14(24)9-3-1-5-18-9/h9-11,18H,1-8H2,(H2,17,22)(H,19,24)(H,20,25)(H,26,27). The second-order valence-electron chi connectivity index (χ2n) is 6.68. The van der Waals surface area contributed by atoms with Gasteiger partial charge in [-0.1, -0.05) is 0 Å². The zero-order valence-electron chi connectivity index (χ0n) is 14.9. The third-order valence-corrected chi connectivity index (χ3v) is 4.69. The van der Waals surface area contributed by atoms with Crippen molar-refractivity contribution < 1.29 is 29.1 Å². The van der Waals surface area contributed by atoms with Gasteiger partial charge in [0.05, 0.1) is 19.0 Å². The van der Waals surface area contributed by atoms with E-state index in [1.54, 1.807) is 0 Å². The van der Waals surface area contributed by atoms with Gasteiger partial charge in [0.1, 0.15) is 12.1 Å². The topological polar surface area (TPSA) is 171 Å². The number of nitrogens with zero attached hydrogens (tertiary/aromatic N) is 1. The first kappa shape index (κ1) is 20.6. The van der Waals surface area contributed by atoms with Crippen LogP contribution in [0.4, 0.5) is 0 Å². The molecule has 0 aromatic rings. The minimum atomic E-state index is -1.44. The molecule has 0 aromatic carbocycles. The number of nitrogens with two attached hydrogens (primary N) is 1. The van der Waals surface area contributed by atoms with Crippen LogP contribution in [0, 0.1) is 0 Å². The molecule has 0 radical (unpaired) electrons. The van der Waals surface area contributed by atoms with Crippen molar-refractivity contribution in [1.29, 1.82) is 0 Å². The molecule has 2 aliphatic rings. The van der Waals surface area contributed by atoms with Crippen LogP contribution in [0.1, 0.15) is 32.1 Å². The molecule has 2 saturated heterocycles. The Labute approximate surface area is 156 Å². The Morgan fingerprint density at radius 3 is 2.48 bits per heavy atom. The number of hydrogen-bond donors (Lipinski definition) is 5. The summed E-state index contributed by atoms with van der Waals surface area (Å²) in [5.41, 5.74) is 4.99. The van der Waals surface area contributed by atoms with E-state index in [0.717, 1.165) is 13.0 Å². The number of primary amides is 1. The summed E-state index contributed by atoms with van der Waals surface area (Å²) < 4.78 is 0. The Bertz CT molecular complexity index is 618. The smallest absolute Gasteiger partial charge is 0.326 e. The van der Waals surface area contributed by atoms with Crippen LogP contribution in [-0.2, 0) is 24.0 Å². The molecule has 0 aromatic heterocycles. The van der Waals surface area contributed by atoms with Gasteiger partial charge in [-0.05, 0) is 32.2 Å². The Hall–Kier alpha value is -2.69. The van der Waals surface area contributed by atoms with Crippen molar-refractivity contribution in [3.8, 4) is 0 Å². The minimum Gasteiger partial charge on any atom is -0.480 e. The van der Waals surface area contributed by atoms with E-state index in [4.69, 9.17) is 10.8 Å². The molecule has 3 atom stereocenters. The van der Waals surface area contributed by atoms with Gasteiger partial charge >= 0.3 is 5.97 Å². The van der Waals surface area contributed by atoms with Gasteiger partial charge in [0, 0.05) is 6.54 Å². The number of carbonyl (C=O) groups is 5. The number of carbonyl (C=O) groups excluding carboxylic acids is 4. The molecule has 6 N–H and O–H groups in total. The molecule has 4 amide bonds. The zero-order valence-corrected chi connectivity index (χ0v) is 14.9. The molecule has 150 valence electrons. The lowest BCUT2D eigenvalue weighted by molar-refractivity contribution is -0.145. The first-order valence-corrected chi connectivity index (χ1v) is 8.91. The van der Waals surface area contributed by atoms with Gasteiger partial charge in [-0.25, -0.2) is 4.79 Å². The van der Waals surface area contributed by atoms with Gasteiger partial charge in [0.2, 0.25) is 23.6 Å². The van der Waals surface area contributed by atoms with Crippen molar-refractivity contribution in [1.82, 2.24) is 20.9 Å². The predicted molar refractivity (Wildman–Crippen MR) is 92.1 cm³/mol. The predicted octanol–water partition coefficient (Wildman–Crippen LogP) is -2.71. The maximum atomic E-state index is 12.4. The first-order chi connectivity index (χ1) is 12.8. The van der Waals surface area contributed by atoms with E-state index in [1.807, 2.05) is 0 Å². The summed E-state index contributed by atoms with van der Waals surface area (Å²) in [5, 5.41) is 16.9. The van der Waals surface area contributed by atoms with Crippen molar-refractivity contribution in [3.05, 3.63) is 0 Å². The lowest BCUT2D eigenvalue weighted by Crippen LogP contribution is -2.53. The molecule has 27 heavy (non-hydrogen) atoms. The number of nitrogens with one attached hydrogen (secondary N) is 3. The highest BCUT2D eigenvalue weighted by Gasteiger charge is 2.36. The fourth-order valence-electron chi connectivity index (χ4n) is 3.30. The zero-order chi connectivity index (χ0) is 20.0. The molecule has 3 unspecified atom stereocenters. The maximum Gasteiger partial charge on any atom is 0.326 e.